The first-order valence-electron chi connectivity index (χ1n) is 4.21. The molecule has 4 nitrogen and oxygen atoms in total. The van der Waals surface area contributed by atoms with Crippen molar-refractivity contribution in [2.24, 2.45) is 5.73 Å². The van der Waals surface area contributed by atoms with Gasteiger partial charge in [-0.2, -0.15) is 0 Å². The third kappa shape index (κ3) is 2.10. The molecule has 0 fully saturated rings. The van der Waals surface area contributed by atoms with Crippen molar-refractivity contribution in [3.05, 3.63) is 35.4 Å². The number of benzene rings is 1. The number of nitrogens with two attached hydrogens (primary N) is 1. The van der Waals surface area contributed by atoms with Crippen LogP contribution in [-0.2, 0) is 5.54 Å². The summed E-state index contributed by atoms with van der Waals surface area (Å²) in [5.74, 6) is -0.999. The topological polar surface area (TPSA) is 83.5 Å². The zero-order chi connectivity index (χ0) is 10.8. The van der Waals surface area contributed by atoms with E-state index in [2.05, 4.69) is 0 Å². The van der Waals surface area contributed by atoms with Crippen LogP contribution in [0.1, 0.15) is 22.8 Å². The molecule has 0 aliphatic heterocycles. The standard InChI is InChI=1S/C10H13NO3/c1-10(11,6-12)8-4-2-3-7(5-8)9(13)14/h2-5,12H,6,11H2,1H3,(H,13,14)/t10-/m0/s1. The molecule has 76 valence electrons. The van der Waals surface area contributed by atoms with Gasteiger partial charge in [-0.15, -0.1) is 0 Å². The van der Waals surface area contributed by atoms with Crippen LogP contribution < -0.4 is 5.73 Å². The fourth-order valence-corrected chi connectivity index (χ4v) is 1.10. The van der Waals surface area contributed by atoms with Gasteiger partial charge < -0.3 is 15.9 Å². The number of aromatic carboxylic acids is 1. The van der Waals surface area contributed by atoms with Crippen molar-refractivity contribution in [1.29, 1.82) is 0 Å². The highest BCUT2D eigenvalue weighted by Crippen LogP contribution is 2.18. The van der Waals surface area contributed by atoms with Gasteiger partial charge in [0.15, 0.2) is 0 Å². The number of carbonyl (C=O) groups is 1. The number of aliphatic hydroxyl groups excluding tert-OH is 1. The van der Waals surface area contributed by atoms with E-state index in [1.807, 2.05) is 0 Å². The normalized spacial score (nSPS) is 14.8. The quantitative estimate of drug-likeness (QED) is 0.657. The van der Waals surface area contributed by atoms with Gasteiger partial charge in [-0.3, -0.25) is 0 Å². The molecular weight excluding hydrogens is 182 g/mol. The number of aliphatic hydroxyl groups is 1. The summed E-state index contributed by atoms with van der Waals surface area (Å²) in [5.41, 5.74) is 5.65. The summed E-state index contributed by atoms with van der Waals surface area (Å²) in [4.78, 5) is 10.7. The Bertz CT molecular complexity index is 347. The van der Waals surface area contributed by atoms with E-state index in [1.165, 1.54) is 12.1 Å². The summed E-state index contributed by atoms with van der Waals surface area (Å²) >= 11 is 0. The Labute approximate surface area is 82.0 Å². The molecule has 0 saturated carbocycles. The minimum atomic E-state index is -0.999. The number of carboxylic acid groups (broad SMARTS) is 1. The van der Waals surface area contributed by atoms with Crippen LogP contribution in [0.15, 0.2) is 24.3 Å². The highest BCUT2D eigenvalue weighted by molar-refractivity contribution is 5.87. The first-order valence-corrected chi connectivity index (χ1v) is 4.21. The predicted octanol–water partition coefficient (Wildman–Crippen LogP) is 0.551. The predicted molar refractivity (Wildman–Crippen MR) is 52.0 cm³/mol. The zero-order valence-electron chi connectivity index (χ0n) is 7.90. The first-order chi connectivity index (χ1) is 6.47. The Morgan fingerprint density at radius 1 is 1.57 bits per heavy atom. The van der Waals surface area contributed by atoms with Crippen molar-refractivity contribution >= 4 is 5.97 Å². The van der Waals surface area contributed by atoms with Crippen molar-refractivity contribution in [1.82, 2.24) is 0 Å². The molecule has 0 aromatic heterocycles. The summed E-state index contributed by atoms with van der Waals surface area (Å²) in [7, 11) is 0. The first kappa shape index (κ1) is 10.7. The SMILES string of the molecule is C[C@](N)(CO)c1cccc(C(=O)O)c1. The van der Waals surface area contributed by atoms with Crippen molar-refractivity contribution < 1.29 is 15.0 Å². The second kappa shape index (κ2) is 3.77. The van der Waals surface area contributed by atoms with Crippen LogP contribution in [0.25, 0.3) is 0 Å². The summed E-state index contributed by atoms with van der Waals surface area (Å²) in [5, 5.41) is 17.7. The van der Waals surface area contributed by atoms with Gasteiger partial charge in [0.25, 0.3) is 0 Å². The van der Waals surface area contributed by atoms with Crippen LogP contribution in [0.3, 0.4) is 0 Å². The average Bonchev–Trinajstić information content (AvgIpc) is 2.18. The van der Waals surface area contributed by atoms with Crippen molar-refractivity contribution in [2.45, 2.75) is 12.5 Å². The summed E-state index contributed by atoms with van der Waals surface area (Å²) in [6.07, 6.45) is 0. The molecule has 0 heterocycles. The highest BCUT2D eigenvalue weighted by atomic mass is 16.4. The molecular formula is C10H13NO3. The van der Waals surface area contributed by atoms with Crippen molar-refractivity contribution in [2.75, 3.05) is 6.61 Å². The number of carboxylic acids is 1. The van der Waals surface area contributed by atoms with Crippen molar-refractivity contribution in [3.63, 3.8) is 0 Å². The van der Waals surface area contributed by atoms with Gasteiger partial charge in [-0.25, -0.2) is 4.79 Å². The second-order valence-electron chi connectivity index (χ2n) is 3.46. The van der Waals surface area contributed by atoms with Crippen LogP contribution in [-0.4, -0.2) is 22.8 Å². The van der Waals surface area contributed by atoms with Gasteiger partial charge in [0.1, 0.15) is 0 Å². The molecule has 1 rings (SSSR count). The van der Waals surface area contributed by atoms with E-state index in [1.54, 1.807) is 19.1 Å². The van der Waals surface area contributed by atoms with Crippen LogP contribution in [0.2, 0.25) is 0 Å². The molecule has 0 spiro atoms. The largest absolute Gasteiger partial charge is 0.478 e. The number of hydrogen-bond donors (Lipinski definition) is 3. The molecule has 0 aliphatic rings. The Morgan fingerprint density at radius 3 is 2.71 bits per heavy atom. The third-order valence-electron chi connectivity index (χ3n) is 2.10. The molecule has 0 unspecified atom stereocenters. The molecule has 4 heteroatoms. The maximum atomic E-state index is 10.7. The van der Waals surface area contributed by atoms with Gasteiger partial charge in [0.2, 0.25) is 0 Å². The lowest BCUT2D eigenvalue weighted by atomic mass is 9.93. The molecule has 0 bridgehead atoms. The van der Waals surface area contributed by atoms with Gasteiger partial charge in [-0.1, -0.05) is 12.1 Å². The molecule has 1 aromatic carbocycles. The van der Waals surface area contributed by atoms with Gasteiger partial charge in [0, 0.05) is 0 Å². The van der Waals surface area contributed by atoms with Crippen LogP contribution in [0.5, 0.6) is 0 Å². The Balaban J connectivity index is 3.12. The minimum absolute atomic E-state index is 0.174. The van der Waals surface area contributed by atoms with E-state index in [0.717, 1.165) is 0 Å². The van der Waals surface area contributed by atoms with Crippen LogP contribution in [0.4, 0.5) is 0 Å². The summed E-state index contributed by atoms with van der Waals surface area (Å²) in [6.45, 7) is 1.42. The molecule has 14 heavy (non-hydrogen) atoms. The lowest BCUT2D eigenvalue weighted by molar-refractivity contribution is 0.0696. The fraction of sp³-hybridized carbons (Fsp3) is 0.300. The molecule has 1 aromatic rings. The second-order valence-corrected chi connectivity index (χ2v) is 3.46. The average molecular weight is 195 g/mol. The Hall–Kier alpha value is -1.39. The van der Waals surface area contributed by atoms with E-state index in [-0.39, 0.29) is 12.2 Å². The fourth-order valence-electron chi connectivity index (χ4n) is 1.10. The maximum Gasteiger partial charge on any atom is 0.335 e. The minimum Gasteiger partial charge on any atom is -0.478 e. The molecule has 1 atom stereocenters. The van der Waals surface area contributed by atoms with Crippen LogP contribution >= 0.6 is 0 Å². The molecule has 0 aliphatic carbocycles. The molecule has 0 amide bonds. The summed E-state index contributed by atoms with van der Waals surface area (Å²) in [6, 6.07) is 6.26. The van der Waals surface area contributed by atoms with E-state index >= 15 is 0 Å². The Morgan fingerprint density at radius 2 is 2.21 bits per heavy atom. The van der Waals surface area contributed by atoms with E-state index < -0.39 is 11.5 Å². The van der Waals surface area contributed by atoms with Gasteiger partial charge >= 0.3 is 5.97 Å². The molecule has 0 saturated heterocycles. The number of rotatable bonds is 3. The molecule has 0 radical (unpaired) electrons. The highest BCUT2D eigenvalue weighted by Gasteiger charge is 2.20. The van der Waals surface area contributed by atoms with Gasteiger partial charge in [0.05, 0.1) is 17.7 Å². The van der Waals surface area contributed by atoms with Gasteiger partial charge in [-0.05, 0) is 24.6 Å². The maximum absolute atomic E-state index is 10.7. The number of hydrogen-bond acceptors (Lipinski definition) is 3. The lowest BCUT2D eigenvalue weighted by Gasteiger charge is -2.22. The molecule has 4 N–H and O–H groups in total. The summed E-state index contributed by atoms with van der Waals surface area (Å²) < 4.78 is 0. The third-order valence-corrected chi connectivity index (χ3v) is 2.10. The van der Waals surface area contributed by atoms with E-state index in [0.29, 0.717) is 5.56 Å². The van der Waals surface area contributed by atoms with Crippen molar-refractivity contribution in [3.8, 4) is 0 Å². The zero-order valence-corrected chi connectivity index (χ0v) is 7.90. The lowest BCUT2D eigenvalue weighted by Crippen LogP contribution is -2.37. The van der Waals surface area contributed by atoms with E-state index in [4.69, 9.17) is 15.9 Å². The monoisotopic (exact) mass is 195 g/mol. The van der Waals surface area contributed by atoms with Crippen LogP contribution in [0, 0.1) is 0 Å². The smallest absolute Gasteiger partial charge is 0.335 e. The Kier molecular flexibility index (Phi) is 2.88. The van der Waals surface area contributed by atoms with E-state index in [9.17, 15) is 4.79 Å².